The highest BCUT2D eigenvalue weighted by Crippen LogP contribution is 2.39. The molecule has 2 aromatic carbocycles. The van der Waals surface area contributed by atoms with Gasteiger partial charge in [-0.05, 0) is 68.9 Å². The molecule has 0 unspecified atom stereocenters. The van der Waals surface area contributed by atoms with E-state index in [1.54, 1.807) is 13.0 Å². The predicted octanol–water partition coefficient (Wildman–Crippen LogP) is 5.96. The number of ether oxygens (including phenoxy) is 1. The van der Waals surface area contributed by atoms with Gasteiger partial charge in [-0.1, -0.05) is 42.5 Å². The van der Waals surface area contributed by atoms with Crippen LogP contribution in [0.25, 0.3) is 6.08 Å². The molecule has 0 atom stereocenters. The van der Waals surface area contributed by atoms with Crippen molar-refractivity contribution in [3.8, 4) is 0 Å². The Kier molecular flexibility index (Phi) is 7.48. The number of nitrogens with one attached hydrogen (secondary N) is 1. The lowest BCUT2D eigenvalue weighted by atomic mass is 9.76. The van der Waals surface area contributed by atoms with Crippen LogP contribution in [0, 0.1) is 6.92 Å². The largest absolute Gasteiger partial charge is 0.492 e. The second-order valence-corrected chi connectivity index (χ2v) is 9.29. The third-order valence-corrected chi connectivity index (χ3v) is 6.14. The maximum Gasteiger partial charge on any atom is 0.492 e. The van der Waals surface area contributed by atoms with E-state index in [1.165, 1.54) is 6.07 Å². The van der Waals surface area contributed by atoms with Crippen molar-refractivity contribution in [2.45, 2.75) is 58.6 Å². The van der Waals surface area contributed by atoms with Crippen LogP contribution in [0.5, 0.6) is 0 Å². The molecule has 0 spiro atoms. The molecule has 1 fully saturated rings. The van der Waals surface area contributed by atoms with E-state index in [0.29, 0.717) is 16.6 Å². The number of benzene rings is 2. The van der Waals surface area contributed by atoms with Gasteiger partial charge in [-0.15, -0.1) is 0 Å². The van der Waals surface area contributed by atoms with Gasteiger partial charge in [0.15, 0.2) is 0 Å². The van der Waals surface area contributed by atoms with E-state index in [2.05, 4.69) is 5.32 Å². The summed E-state index contributed by atoms with van der Waals surface area (Å²) in [6, 6.07) is 12.8. The minimum absolute atomic E-state index is 0.0327. The van der Waals surface area contributed by atoms with Crippen molar-refractivity contribution in [1.29, 1.82) is 0 Å². The molecule has 0 radical (unpaired) electrons. The van der Waals surface area contributed by atoms with Crippen molar-refractivity contribution in [1.82, 2.24) is 5.32 Å². The van der Waals surface area contributed by atoms with Crippen LogP contribution in [0.1, 0.15) is 49.9 Å². The summed E-state index contributed by atoms with van der Waals surface area (Å²) in [6.07, 6.45) is -3.36. The summed E-state index contributed by atoms with van der Waals surface area (Å²) < 4.78 is 56.7. The molecule has 1 heterocycles. The van der Waals surface area contributed by atoms with E-state index < -0.39 is 36.2 Å². The lowest BCUT2D eigenvalue weighted by Gasteiger charge is -2.32. The summed E-state index contributed by atoms with van der Waals surface area (Å²) in [5.74, 6) is 0. The zero-order valence-electron chi connectivity index (χ0n) is 20.0. The fraction of sp³-hybridized carbons (Fsp3) is 0.400. The number of carbonyl (C=O) groups excluding carboxylic acids is 1. The van der Waals surface area contributed by atoms with Crippen LogP contribution in [0.4, 0.5) is 18.0 Å². The van der Waals surface area contributed by atoms with Crippen molar-refractivity contribution in [2.24, 2.45) is 0 Å². The normalized spacial score (nSPS) is 17.5. The third-order valence-electron chi connectivity index (χ3n) is 6.14. The molecule has 5 nitrogen and oxygen atoms in total. The lowest BCUT2D eigenvalue weighted by Crippen LogP contribution is -2.41. The topological polar surface area (TPSA) is 56.8 Å². The van der Waals surface area contributed by atoms with Gasteiger partial charge in [0.05, 0.1) is 16.8 Å². The van der Waals surface area contributed by atoms with Crippen LogP contribution in [0.2, 0.25) is 0 Å². The molecule has 0 aromatic heterocycles. The highest BCUT2D eigenvalue weighted by molar-refractivity contribution is 6.56. The molecule has 34 heavy (non-hydrogen) atoms. The first-order valence-corrected chi connectivity index (χ1v) is 11.0. The maximum atomic E-state index is 13.1. The summed E-state index contributed by atoms with van der Waals surface area (Å²) in [5.41, 5.74) is 0.437. The van der Waals surface area contributed by atoms with Gasteiger partial charge in [-0.3, -0.25) is 0 Å². The summed E-state index contributed by atoms with van der Waals surface area (Å²) >= 11 is 0. The van der Waals surface area contributed by atoms with E-state index >= 15 is 0 Å². The highest BCUT2D eigenvalue weighted by Gasteiger charge is 2.52. The molecule has 3 rings (SSSR count). The van der Waals surface area contributed by atoms with Crippen LogP contribution in [0.3, 0.4) is 0 Å². The van der Waals surface area contributed by atoms with Crippen LogP contribution in [0.15, 0.2) is 54.0 Å². The van der Waals surface area contributed by atoms with Gasteiger partial charge in [-0.25, -0.2) is 4.79 Å². The first-order chi connectivity index (χ1) is 15.8. The Labute approximate surface area is 198 Å². The predicted molar refractivity (Wildman–Crippen MR) is 125 cm³/mol. The molecule has 0 aliphatic carbocycles. The van der Waals surface area contributed by atoms with Crippen molar-refractivity contribution >= 4 is 19.3 Å². The number of rotatable bonds is 6. The van der Waals surface area contributed by atoms with Crippen LogP contribution in [-0.2, 0) is 26.8 Å². The van der Waals surface area contributed by atoms with Crippen LogP contribution < -0.4 is 5.32 Å². The number of hydrogen-bond donors (Lipinski definition) is 1. The lowest BCUT2D eigenvalue weighted by molar-refractivity contribution is -0.137. The number of alkyl halides is 3. The highest BCUT2D eigenvalue weighted by atomic mass is 19.4. The van der Waals surface area contributed by atoms with E-state index in [0.717, 1.165) is 17.7 Å². The molecule has 2 aromatic rings. The van der Waals surface area contributed by atoms with Gasteiger partial charge in [-0.2, -0.15) is 13.2 Å². The number of amides is 1. The SMILES string of the molecule is Cc1cc(C(F)(F)F)ccc1C=C(CNC(=O)OCc1ccccc1)B1OC(C)(C)C(C)(C)O1. The van der Waals surface area contributed by atoms with Gasteiger partial charge >= 0.3 is 19.4 Å². The molecule has 182 valence electrons. The quantitative estimate of drug-likeness (QED) is 0.525. The van der Waals surface area contributed by atoms with Crippen molar-refractivity contribution in [3.05, 3.63) is 76.3 Å². The standard InChI is InChI=1S/C25H29BF3NO4/c1-17-13-20(25(27,28)29)12-11-19(17)14-21(26-33-23(2,3)24(4,5)34-26)15-30-22(31)32-16-18-9-7-6-8-10-18/h6-14H,15-16H2,1-5H3,(H,30,31). The fourth-order valence-corrected chi connectivity index (χ4v) is 3.36. The first-order valence-electron chi connectivity index (χ1n) is 11.0. The average molecular weight is 475 g/mol. The Bertz CT molecular complexity index is 1040. The minimum atomic E-state index is -4.42. The summed E-state index contributed by atoms with van der Waals surface area (Å²) in [4.78, 5) is 12.3. The number of aryl methyl sites for hydroxylation is 1. The van der Waals surface area contributed by atoms with Gasteiger partial charge in [0, 0.05) is 6.54 Å². The van der Waals surface area contributed by atoms with Gasteiger partial charge in [0.2, 0.25) is 0 Å². The van der Waals surface area contributed by atoms with Crippen LogP contribution in [-0.4, -0.2) is 31.0 Å². The van der Waals surface area contributed by atoms with E-state index in [9.17, 15) is 18.0 Å². The summed E-state index contributed by atoms with van der Waals surface area (Å²) in [6.45, 7) is 9.34. The zero-order valence-corrected chi connectivity index (χ0v) is 20.0. The monoisotopic (exact) mass is 475 g/mol. The fourth-order valence-electron chi connectivity index (χ4n) is 3.36. The Morgan fingerprint density at radius 2 is 1.68 bits per heavy atom. The summed E-state index contributed by atoms with van der Waals surface area (Å²) in [7, 11) is -0.791. The zero-order chi connectivity index (χ0) is 25.1. The molecule has 1 aliphatic heterocycles. The van der Waals surface area contributed by atoms with Crippen molar-refractivity contribution in [2.75, 3.05) is 6.54 Å². The smallest absolute Gasteiger partial charge is 0.445 e. The van der Waals surface area contributed by atoms with Crippen molar-refractivity contribution in [3.63, 3.8) is 0 Å². The second kappa shape index (κ2) is 9.84. The van der Waals surface area contributed by atoms with Gasteiger partial charge in [0.1, 0.15) is 6.61 Å². The Morgan fingerprint density at radius 3 is 2.24 bits per heavy atom. The molecular weight excluding hydrogens is 446 g/mol. The van der Waals surface area contributed by atoms with Gasteiger partial charge in [0.25, 0.3) is 0 Å². The van der Waals surface area contributed by atoms with E-state index in [-0.39, 0.29) is 13.2 Å². The number of hydrogen-bond acceptors (Lipinski definition) is 4. The molecule has 0 bridgehead atoms. The first kappa shape index (κ1) is 25.8. The van der Waals surface area contributed by atoms with E-state index in [1.807, 2.05) is 58.0 Å². The Morgan fingerprint density at radius 1 is 1.06 bits per heavy atom. The second-order valence-electron chi connectivity index (χ2n) is 9.29. The molecule has 1 amide bonds. The molecule has 9 heteroatoms. The number of alkyl carbamates (subject to hydrolysis) is 1. The molecule has 1 N–H and O–H groups in total. The summed E-state index contributed by atoms with van der Waals surface area (Å²) in [5, 5.41) is 2.69. The maximum absolute atomic E-state index is 13.1. The average Bonchev–Trinajstić information content (AvgIpc) is 2.97. The number of carbonyl (C=O) groups is 1. The molecule has 0 saturated carbocycles. The molecular formula is C25H29BF3NO4. The Hall–Kier alpha value is -2.78. The van der Waals surface area contributed by atoms with E-state index in [4.69, 9.17) is 14.0 Å². The molecule has 1 saturated heterocycles. The van der Waals surface area contributed by atoms with Crippen molar-refractivity contribution < 1.29 is 32.0 Å². The molecule has 1 aliphatic rings. The van der Waals surface area contributed by atoms with Crippen LogP contribution >= 0.6 is 0 Å². The Balaban J connectivity index is 1.80. The minimum Gasteiger partial charge on any atom is -0.445 e. The number of halogens is 3. The third kappa shape index (κ3) is 6.21. The van der Waals surface area contributed by atoms with Gasteiger partial charge < -0.3 is 19.4 Å².